The monoisotopic (exact) mass is 514 g/mol. The molecule has 0 saturated carbocycles. The first-order valence-electron chi connectivity index (χ1n) is 13.7. The average Bonchev–Trinajstić information content (AvgIpc) is 3.50. The summed E-state index contributed by atoms with van der Waals surface area (Å²) in [6, 6.07) is 42.2. The van der Waals surface area contributed by atoms with Gasteiger partial charge in [0.2, 0.25) is 0 Å². The van der Waals surface area contributed by atoms with Gasteiger partial charge in [-0.3, -0.25) is 0 Å². The zero-order chi connectivity index (χ0) is 26.8. The highest BCUT2D eigenvalue weighted by molar-refractivity contribution is 6.09. The molecular weight excluding hydrogens is 488 g/mol. The minimum atomic E-state index is -0.231. The molecule has 0 amide bonds. The van der Waals surface area contributed by atoms with Crippen molar-refractivity contribution < 1.29 is 4.42 Å². The van der Waals surface area contributed by atoms with Crippen molar-refractivity contribution in [2.75, 3.05) is 0 Å². The van der Waals surface area contributed by atoms with Gasteiger partial charge in [0, 0.05) is 44.0 Å². The molecule has 0 spiro atoms. The molecule has 0 N–H and O–H groups in total. The van der Waals surface area contributed by atoms with E-state index in [0.29, 0.717) is 0 Å². The third-order valence-electron chi connectivity index (χ3n) is 8.27. The van der Waals surface area contributed by atoms with Gasteiger partial charge in [0.15, 0.2) is 5.82 Å². The minimum absolute atomic E-state index is 0.231. The van der Waals surface area contributed by atoms with Crippen molar-refractivity contribution in [3.05, 3.63) is 132 Å². The molecule has 8 rings (SSSR count). The van der Waals surface area contributed by atoms with E-state index in [4.69, 9.17) is 14.4 Å². The van der Waals surface area contributed by atoms with E-state index in [1.54, 1.807) is 0 Å². The quantitative estimate of drug-likeness (QED) is 0.236. The molecule has 0 unspecified atom stereocenters. The molecule has 0 aliphatic heterocycles. The number of furan rings is 1. The standard InChI is InChI=1S/C37H26N2O/c1-37(2)30-20-8-6-17-29(30)34-32(37)33(38-36(39-34)23-12-4-3-5-13-23)25-15-10-14-24(22-25)26-18-11-19-28-27-16-7-9-21-31(27)40-35(26)28/h3-22H,1-2H3. The van der Waals surface area contributed by atoms with Crippen LogP contribution in [0.3, 0.4) is 0 Å². The maximum absolute atomic E-state index is 6.38. The SMILES string of the molecule is CC1(C)c2ccccc2-c2nc(-c3ccccc3)nc(-c3cccc(-c4cccc5c4oc4ccccc45)c3)c21. The first-order chi connectivity index (χ1) is 19.6. The molecule has 40 heavy (non-hydrogen) atoms. The lowest BCUT2D eigenvalue weighted by Gasteiger charge is -2.24. The van der Waals surface area contributed by atoms with Crippen LogP contribution in [-0.2, 0) is 5.41 Å². The third-order valence-corrected chi connectivity index (χ3v) is 8.27. The Morgan fingerprint density at radius 1 is 0.550 bits per heavy atom. The largest absolute Gasteiger partial charge is 0.455 e. The second kappa shape index (κ2) is 8.49. The summed E-state index contributed by atoms with van der Waals surface area (Å²) < 4.78 is 6.38. The number of aromatic nitrogens is 2. The van der Waals surface area contributed by atoms with E-state index < -0.39 is 0 Å². The fourth-order valence-corrected chi connectivity index (χ4v) is 6.35. The highest BCUT2D eigenvalue weighted by Crippen LogP contribution is 2.51. The number of nitrogens with zero attached hydrogens (tertiary/aromatic N) is 2. The van der Waals surface area contributed by atoms with Crippen molar-refractivity contribution in [3.8, 4) is 45.0 Å². The van der Waals surface area contributed by atoms with Crippen LogP contribution in [0.5, 0.6) is 0 Å². The summed E-state index contributed by atoms with van der Waals surface area (Å²) in [5.41, 5.74) is 11.5. The summed E-state index contributed by atoms with van der Waals surface area (Å²) in [7, 11) is 0. The summed E-state index contributed by atoms with van der Waals surface area (Å²) in [6.07, 6.45) is 0. The van der Waals surface area contributed by atoms with Crippen molar-refractivity contribution in [3.63, 3.8) is 0 Å². The minimum Gasteiger partial charge on any atom is -0.455 e. The van der Waals surface area contributed by atoms with Gasteiger partial charge >= 0.3 is 0 Å². The Morgan fingerprint density at radius 2 is 1.20 bits per heavy atom. The molecule has 3 nitrogen and oxygen atoms in total. The van der Waals surface area contributed by atoms with E-state index in [0.717, 1.165) is 61.4 Å². The van der Waals surface area contributed by atoms with E-state index in [1.165, 1.54) is 16.7 Å². The summed E-state index contributed by atoms with van der Waals surface area (Å²) in [5.74, 6) is 0.742. The Labute approximate surface area is 232 Å². The molecule has 1 aliphatic rings. The van der Waals surface area contributed by atoms with E-state index in [-0.39, 0.29) is 5.41 Å². The molecule has 190 valence electrons. The van der Waals surface area contributed by atoms with Crippen LogP contribution in [0.1, 0.15) is 25.0 Å². The fourth-order valence-electron chi connectivity index (χ4n) is 6.35. The van der Waals surface area contributed by atoms with Gasteiger partial charge in [-0.1, -0.05) is 123 Å². The number of hydrogen-bond donors (Lipinski definition) is 0. The lowest BCUT2D eigenvalue weighted by molar-refractivity contribution is 0.658. The Hall–Kier alpha value is -5.02. The number of hydrogen-bond acceptors (Lipinski definition) is 3. The molecule has 0 bridgehead atoms. The van der Waals surface area contributed by atoms with Crippen LogP contribution in [0.2, 0.25) is 0 Å². The maximum Gasteiger partial charge on any atom is 0.160 e. The molecule has 0 atom stereocenters. The zero-order valence-corrected chi connectivity index (χ0v) is 22.3. The Balaban J connectivity index is 1.38. The van der Waals surface area contributed by atoms with E-state index in [9.17, 15) is 0 Å². The van der Waals surface area contributed by atoms with Gasteiger partial charge in [-0.05, 0) is 23.3 Å². The maximum atomic E-state index is 6.38. The summed E-state index contributed by atoms with van der Waals surface area (Å²) in [6.45, 7) is 4.57. The molecule has 7 aromatic rings. The Kier molecular flexibility index (Phi) is 4.86. The van der Waals surface area contributed by atoms with E-state index in [1.807, 2.05) is 30.3 Å². The van der Waals surface area contributed by atoms with Crippen molar-refractivity contribution in [2.24, 2.45) is 0 Å². The molecule has 2 heterocycles. The Bertz CT molecular complexity index is 2090. The normalized spacial score (nSPS) is 13.4. The van der Waals surface area contributed by atoms with Gasteiger partial charge in [-0.2, -0.15) is 0 Å². The molecular formula is C37H26N2O. The molecule has 1 aliphatic carbocycles. The first-order valence-corrected chi connectivity index (χ1v) is 13.7. The predicted molar refractivity (Wildman–Crippen MR) is 163 cm³/mol. The van der Waals surface area contributed by atoms with E-state index in [2.05, 4.69) is 105 Å². The van der Waals surface area contributed by atoms with Gasteiger partial charge in [0.25, 0.3) is 0 Å². The van der Waals surface area contributed by atoms with Crippen LogP contribution in [0.15, 0.2) is 126 Å². The molecule has 0 fully saturated rings. The van der Waals surface area contributed by atoms with E-state index >= 15 is 0 Å². The first kappa shape index (κ1) is 22.9. The third kappa shape index (κ3) is 3.31. The van der Waals surface area contributed by atoms with Crippen LogP contribution in [-0.4, -0.2) is 9.97 Å². The molecule has 0 radical (unpaired) electrons. The zero-order valence-electron chi connectivity index (χ0n) is 22.3. The lowest BCUT2D eigenvalue weighted by atomic mass is 9.80. The number of para-hydroxylation sites is 2. The smallest absolute Gasteiger partial charge is 0.160 e. The summed E-state index contributed by atoms with van der Waals surface area (Å²) >= 11 is 0. The Morgan fingerprint density at radius 3 is 2.10 bits per heavy atom. The van der Waals surface area contributed by atoms with Crippen molar-refractivity contribution in [2.45, 2.75) is 19.3 Å². The van der Waals surface area contributed by atoms with Gasteiger partial charge in [-0.15, -0.1) is 0 Å². The highest BCUT2D eigenvalue weighted by atomic mass is 16.3. The van der Waals surface area contributed by atoms with Gasteiger partial charge in [0.05, 0.1) is 11.4 Å². The van der Waals surface area contributed by atoms with Crippen molar-refractivity contribution >= 4 is 21.9 Å². The summed E-state index contributed by atoms with van der Waals surface area (Å²) in [4.78, 5) is 10.4. The van der Waals surface area contributed by atoms with Crippen LogP contribution in [0.25, 0.3) is 67.0 Å². The van der Waals surface area contributed by atoms with Gasteiger partial charge in [0.1, 0.15) is 11.2 Å². The van der Waals surface area contributed by atoms with Crippen LogP contribution >= 0.6 is 0 Å². The average molecular weight is 515 g/mol. The molecule has 3 heteroatoms. The van der Waals surface area contributed by atoms with Crippen LogP contribution in [0, 0.1) is 0 Å². The predicted octanol–water partition coefficient (Wildman–Crippen LogP) is 9.68. The number of benzene rings is 5. The van der Waals surface area contributed by atoms with Crippen molar-refractivity contribution in [1.29, 1.82) is 0 Å². The molecule has 0 saturated heterocycles. The highest BCUT2D eigenvalue weighted by Gasteiger charge is 2.40. The second-order valence-electron chi connectivity index (χ2n) is 11.0. The molecule has 2 aromatic heterocycles. The molecule has 5 aromatic carbocycles. The fraction of sp³-hybridized carbons (Fsp3) is 0.0811. The van der Waals surface area contributed by atoms with Gasteiger partial charge < -0.3 is 4.42 Å². The van der Waals surface area contributed by atoms with Crippen molar-refractivity contribution in [1.82, 2.24) is 9.97 Å². The van der Waals surface area contributed by atoms with Crippen LogP contribution in [0.4, 0.5) is 0 Å². The number of fused-ring (bicyclic) bond motifs is 6. The van der Waals surface area contributed by atoms with Gasteiger partial charge in [-0.25, -0.2) is 9.97 Å². The number of rotatable bonds is 3. The summed E-state index contributed by atoms with van der Waals surface area (Å²) in [5, 5.41) is 2.26. The second-order valence-corrected chi connectivity index (χ2v) is 11.0. The van der Waals surface area contributed by atoms with Crippen LogP contribution < -0.4 is 0 Å². The lowest BCUT2D eigenvalue weighted by Crippen LogP contribution is -2.17. The topological polar surface area (TPSA) is 38.9 Å².